The minimum Gasteiger partial charge on any atom is -0.452 e. The molecule has 0 atom stereocenters. The van der Waals surface area contributed by atoms with Crippen LogP contribution >= 0.6 is 0 Å². The van der Waals surface area contributed by atoms with E-state index in [1.807, 2.05) is 25.1 Å². The summed E-state index contributed by atoms with van der Waals surface area (Å²) in [6, 6.07) is 7.62. The van der Waals surface area contributed by atoms with Gasteiger partial charge in [0.15, 0.2) is 5.76 Å². The SMILES string of the molecule is Cc1cccc2cc(C(=O)c3cncn3C)oc12. The molecule has 3 aromatic rings. The van der Waals surface area contributed by atoms with Gasteiger partial charge in [-0.1, -0.05) is 18.2 Å². The van der Waals surface area contributed by atoms with Gasteiger partial charge in [-0.3, -0.25) is 4.79 Å². The van der Waals surface area contributed by atoms with Gasteiger partial charge in [0.05, 0.1) is 12.5 Å². The predicted octanol–water partition coefficient (Wildman–Crippen LogP) is 2.71. The van der Waals surface area contributed by atoms with E-state index in [4.69, 9.17) is 4.42 Å². The molecule has 4 nitrogen and oxygen atoms in total. The molecule has 2 aromatic heterocycles. The Balaban J connectivity index is 2.13. The second-order valence-corrected chi connectivity index (χ2v) is 4.32. The first-order chi connectivity index (χ1) is 8.66. The van der Waals surface area contributed by atoms with Crippen LogP contribution < -0.4 is 0 Å². The normalized spacial score (nSPS) is 11.0. The third-order valence-electron chi connectivity index (χ3n) is 3.01. The highest BCUT2D eigenvalue weighted by Crippen LogP contribution is 2.24. The van der Waals surface area contributed by atoms with Gasteiger partial charge in [-0.25, -0.2) is 4.98 Å². The summed E-state index contributed by atoms with van der Waals surface area (Å²) < 4.78 is 7.33. The van der Waals surface area contributed by atoms with Crippen LogP contribution in [0, 0.1) is 6.92 Å². The number of para-hydroxylation sites is 1. The molecule has 0 bridgehead atoms. The van der Waals surface area contributed by atoms with E-state index in [0.717, 1.165) is 16.5 Å². The first kappa shape index (κ1) is 10.8. The van der Waals surface area contributed by atoms with E-state index in [1.165, 1.54) is 0 Å². The number of fused-ring (bicyclic) bond motifs is 1. The van der Waals surface area contributed by atoms with Crippen molar-refractivity contribution < 1.29 is 9.21 Å². The van der Waals surface area contributed by atoms with Crippen molar-refractivity contribution in [2.45, 2.75) is 6.92 Å². The lowest BCUT2D eigenvalue weighted by atomic mass is 10.1. The van der Waals surface area contributed by atoms with Crippen molar-refractivity contribution in [1.29, 1.82) is 0 Å². The molecule has 1 aromatic carbocycles. The van der Waals surface area contributed by atoms with E-state index in [1.54, 1.807) is 30.2 Å². The van der Waals surface area contributed by atoms with Crippen LogP contribution in [0.5, 0.6) is 0 Å². The molecular weight excluding hydrogens is 228 g/mol. The molecule has 0 saturated heterocycles. The van der Waals surface area contributed by atoms with Crippen LogP contribution in [-0.2, 0) is 7.05 Å². The van der Waals surface area contributed by atoms with Crippen molar-refractivity contribution in [3.8, 4) is 0 Å². The molecule has 4 heteroatoms. The fraction of sp³-hybridized carbons (Fsp3) is 0.143. The smallest absolute Gasteiger partial charge is 0.246 e. The zero-order valence-electron chi connectivity index (χ0n) is 10.2. The molecule has 2 heterocycles. The molecule has 0 unspecified atom stereocenters. The van der Waals surface area contributed by atoms with Gasteiger partial charge in [-0.05, 0) is 18.6 Å². The zero-order valence-corrected chi connectivity index (χ0v) is 10.2. The van der Waals surface area contributed by atoms with Crippen LogP contribution in [0.2, 0.25) is 0 Å². The van der Waals surface area contributed by atoms with Crippen molar-refractivity contribution in [2.24, 2.45) is 7.05 Å². The third-order valence-corrected chi connectivity index (χ3v) is 3.01. The zero-order chi connectivity index (χ0) is 12.7. The topological polar surface area (TPSA) is 48.0 Å². The lowest BCUT2D eigenvalue weighted by Gasteiger charge is -1.97. The van der Waals surface area contributed by atoms with E-state index in [-0.39, 0.29) is 5.78 Å². The first-order valence-electron chi connectivity index (χ1n) is 5.67. The second-order valence-electron chi connectivity index (χ2n) is 4.32. The van der Waals surface area contributed by atoms with E-state index in [9.17, 15) is 4.79 Å². The quantitative estimate of drug-likeness (QED) is 0.647. The molecular formula is C14H12N2O2. The van der Waals surface area contributed by atoms with Crippen molar-refractivity contribution in [3.05, 3.63) is 53.8 Å². The molecule has 18 heavy (non-hydrogen) atoms. The van der Waals surface area contributed by atoms with Crippen molar-refractivity contribution in [2.75, 3.05) is 0 Å². The number of aryl methyl sites for hydroxylation is 2. The Kier molecular flexibility index (Phi) is 2.30. The second kappa shape index (κ2) is 3.84. The Morgan fingerprint density at radius 1 is 1.39 bits per heavy atom. The van der Waals surface area contributed by atoms with Crippen molar-refractivity contribution >= 4 is 16.8 Å². The maximum absolute atomic E-state index is 12.3. The summed E-state index contributed by atoms with van der Waals surface area (Å²) in [5, 5.41) is 0.945. The number of hydrogen-bond acceptors (Lipinski definition) is 3. The summed E-state index contributed by atoms with van der Waals surface area (Å²) in [7, 11) is 1.79. The predicted molar refractivity (Wildman–Crippen MR) is 67.6 cm³/mol. The van der Waals surface area contributed by atoms with Gasteiger partial charge in [0.1, 0.15) is 11.3 Å². The Labute approximate surface area is 104 Å². The number of aromatic nitrogens is 2. The van der Waals surface area contributed by atoms with Gasteiger partial charge in [-0.15, -0.1) is 0 Å². The van der Waals surface area contributed by atoms with E-state index in [0.29, 0.717) is 11.5 Å². The summed E-state index contributed by atoms with van der Waals surface area (Å²) in [6.45, 7) is 1.96. The maximum Gasteiger partial charge on any atom is 0.246 e. The maximum atomic E-state index is 12.3. The van der Waals surface area contributed by atoms with Gasteiger partial charge >= 0.3 is 0 Å². The molecule has 0 N–H and O–H groups in total. The van der Waals surface area contributed by atoms with Crippen LogP contribution in [0.4, 0.5) is 0 Å². The summed E-state index contributed by atoms with van der Waals surface area (Å²) in [5.41, 5.74) is 2.31. The lowest BCUT2D eigenvalue weighted by molar-refractivity contribution is 0.100. The first-order valence-corrected chi connectivity index (χ1v) is 5.67. The largest absolute Gasteiger partial charge is 0.452 e. The number of nitrogens with zero attached hydrogens (tertiary/aromatic N) is 2. The van der Waals surface area contributed by atoms with E-state index >= 15 is 0 Å². The van der Waals surface area contributed by atoms with Gasteiger partial charge in [0.2, 0.25) is 5.78 Å². The average molecular weight is 240 g/mol. The van der Waals surface area contributed by atoms with Crippen LogP contribution in [0.1, 0.15) is 21.8 Å². The molecule has 3 rings (SSSR count). The number of benzene rings is 1. The van der Waals surface area contributed by atoms with Gasteiger partial charge < -0.3 is 8.98 Å². The van der Waals surface area contributed by atoms with E-state index in [2.05, 4.69) is 4.98 Å². The van der Waals surface area contributed by atoms with Crippen LogP contribution in [0.15, 0.2) is 41.2 Å². The molecule has 0 aliphatic rings. The highest BCUT2D eigenvalue weighted by Gasteiger charge is 2.17. The monoisotopic (exact) mass is 240 g/mol. The molecule has 0 saturated carbocycles. The van der Waals surface area contributed by atoms with Crippen molar-refractivity contribution in [1.82, 2.24) is 9.55 Å². The molecule has 0 fully saturated rings. The fourth-order valence-electron chi connectivity index (χ4n) is 2.02. The molecule has 0 aliphatic carbocycles. The standard InChI is InChI=1S/C14H12N2O2/c1-9-4-3-5-10-6-12(18-14(9)10)13(17)11-7-15-8-16(11)2/h3-8H,1-2H3. The summed E-state index contributed by atoms with van der Waals surface area (Å²) in [6.07, 6.45) is 3.14. The number of carbonyl (C=O) groups is 1. The molecule has 0 aliphatic heterocycles. The van der Waals surface area contributed by atoms with Crippen LogP contribution in [0.25, 0.3) is 11.0 Å². The summed E-state index contributed by atoms with van der Waals surface area (Å²) in [5.74, 6) is 0.202. The molecule has 0 spiro atoms. The van der Waals surface area contributed by atoms with Gasteiger partial charge in [-0.2, -0.15) is 0 Å². The fourth-order valence-corrected chi connectivity index (χ4v) is 2.02. The van der Waals surface area contributed by atoms with Gasteiger partial charge in [0.25, 0.3) is 0 Å². The number of ketones is 1. The lowest BCUT2D eigenvalue weighted by Crippen LogP contribution is -2.05. The minimum absolute atomic E-state index is 0.148. The number of imidazole rings is 1. The number of hydrogen-bond donors (Lipinski definition) is 0. The Hall–Kier alpha value is -2.36. The Bertz CT molecular complexity index is 737. The molecule has 90 valence electrons. The van der Waals surface area contributed by atoms with Gasteiger partial charge in [0, 0.05) is 12.4 Å². The molecule has 0 radical (unpaired) electrons. The average Bonchev–Trinajstić information content (AvgIpc) is 2.95. The summed E-state index contributed by atoms with van der Waals surface area (Å²) in [4.78, 5) is 16.2. The number of furan rings is 1. The number of carbonyl (C=O) groups excluding carboxylic acids is 1. The minimum atomic E-state index is -0.148. The molecule has 0 amide bonds. The highest BCUT2D eigenvalue weighted by atomic mass is 16.3. The highest BCUT2D eigenvalue weighted by molar-refractivity contribution is 6.08. The third kappa shape index (κ3) is 1.54. The number of rotatable bonds is 2. The summed E-state index contributed by atoms with van der Waals surface area (Å²) >= 11 is 0. The Morgan fingerprint density at radius 3 is 2.89 bits per heavy atom. The van der Waals surface area contributed by atoms with Crippen molar-refractivity contribution in [3.63, 3.8) is 0 Å². The van der Waals surface area contributed by atoms with Crippen LogP contribution in [0.3, 0.4) is 0 Å². The Morgan fingerprint density at radius 2 is 2.22 bits per heavy atom. The van der Waals surface area contributed by atoms with E-state index < -0.39 is 0 Å². The van der Waals surface area contributed by atoms with Crippen LogP contribution in [-0.4, -0.2) is 15.3 Å².